The zero-order chi connectivity index (χ0) is 22.9. The molecule has 0 aliphatic carbocycles. The topological polar surface area (TPSA) is 68.5 Å². The van der Waals surface area contributed by atoms with Gasteiger partial charge in [-0.15, -0.1) is 0 Å². The van der Waals surface area contributed by atoms with Gasteiger partial charge in [0.25, 0.3) is 5.91 Å². The molecule has 0 aliphatic heterocycles. The van der Waals surface area contributed by atoms with Crippen LogP contribution in [0.1, 0.15) is 21.7 Å². The van der Waals surface area contributed by atoms with E-state index in [1.165, 1.54) is 47.3 Å². The van der Waals surface area contributed by atoms with Crippen LogP contribution < -0.4 is 10.1 Å². The Morgan fingerprint density at radius 2 is 1.84 bits per heavy atom. The number of halogens is 5. The van der Waals surface area contributed by atoms with Gasteiger partial charge in [0.1, 0.15) is 12.4 Å². The summed E-state index contributed by atoms with van der Waals surface area (Å²) in [6.07, 6.45) is -0.442. The molecule has 1 N–H and O–H groups in total. The Morgan fingerprint density at radius 1 is 1.09 bits per heavy atom. The van der Waals surface area contributed by atoms with Crippen LogP contribution in [0.4, 0.5) is 18.9 Å². The van der Waals surface area contributed by atoms with Crippen molar-refractivity contribution in [3.05, 3.63) is 88.1 Å². The van der Waals surface area contributed by atoms with Gasteiger partial charge in [-0.25, -0.2) is 4.98 Å². The summed E-state index contributed by atoms with van der Waals surface area (Å²) in [6.45, 7) is -0.421. The Morgan fingerprint density at radius 3 is 2.50 bits per heavy atom. The zero-order valence-corrected chi connectivity index (χ0v) is 17.5. The second-order valence-electron chi connectivity index (χ2n) is 6.55. The van der Waals surface area contributed by atoms with Gasteiger partial charge in [-0.1, -0.05) is 29.3 Å². The highest BCUT2D eigenvalue weighted by molar-refractivity contribution is 6.40. The van der Waals surface area contributed by atoms with E-state index in [1.54, 1.807) is 18.2 Å². The van der Waals surface area contributed by atoms with E-state index >= 15 is 0 Å². The molecule has 3 heterocycles. The molecular formula is C21H13Cl2F3N4O2. The second-order valence-corrected chi connectivity index (χ2v) is 7.36. The first kappa shape index (κ1) is 21.9. The van der Waals surface area contributed by atoms with E-state index in [2.05, 4.69) is 15.3 Å². The van der Waals surface area contributed by atoms with Crippen molar-refractivity contribution in [2.45, 2.75) is 12.8 Å². The fraction of sp³-hybridized carbons (Fsp3) is 0.0952. The van der Waals surface area contributed by atoms with Crippen LogP contribution in [0.25, 0.3) is 5.65 Å². The summed E-state index contributed by atoms with van der Waals surface area (Å²) in [4.78, 5) is 20.3. The van der Waals surface area contributed by atoms with Crippen LogP contribution in [-0.4, -0.2) is 20.3 Å². The van der Waals surface area contributed by atoms with Crippen molar-refractivity contribution in [1.82, 2.24) is 14.4 Å². The van der Waals surface area contributed by atoms with Crippen LogP contribution >= 0.6 is 23.2 Å². The lowest BCUT2D eigenvalue weighted by Gasteiger charge is -2.11. The molecule has 0 atom stereocenters. The maximum absolute atomic E-state index is 13.7. The summed E-state index contributed by atoms with van der Waals surface area (Å²) in [6, 6.07) is 10.6. The van der Waals surface area contributed by atoms with Crippen LogP contribution in [-0.2, 0) is 12.8 Å². The van der Waals surface area contributed by atoms with Crippen LogP contribution in [0.15, 0.2) is 61.1 Å². The number of amides is 1. The van der Waals surface area contributed by atoms with Crippen molar-refractivity contribution < 1.29 is 22.7 Å². The number of nitrogens with zero attached hydrogens (tertiary/aromatic N) is 3. The maximum Gasteiger partial charge on any atom is 0.435 e. The lowest BCUT2D eigenvalue weighted by molar-refractivity contribution is -0.141. The molecule has 6 nitrogen and oxygen atoms in total. The van der Waals surface area contributed by atoms with Gasteiger partial charge in [0.15, 0.2) is 11.3 Å². The summed E-state index contributed by atoms with van der Waals surface area (Å²) in [5.74, 6) is -0.383. The van der Waals surface area contributed by atoms with Gasteiger partial charge in [0.05, 0.1) is 33.2 Å². The van der Waals surface area contributed by atoms with E-state index in [9.17, 15) is 18.0 Å². The van der Waals surface area contributed by atoms with Crippen molar-refractivity contribution in [3.8, 4) is 5.75 Å². The molecule has 4 aromatic rings. The SMILES string of the molecule is O=C(Nc1cccn2c(COc3cccnc3)c(C(F)(F)F)nc12)c1c(Cl)cccc1Cl. The number of benzene rings is 1. The third-order valence-corrected chi connectivity index (χ3v) is 5.10. The molecule has 32 heavy (non-hydrogen) atoms. The van der Waals surface area contributed by atoms with Crippen molar-refractivity contribution >= 4 is 40.4 Å². The smallest absolute Gasteiger partial charge is 0.435 e. The van der Waals surface area contributed by atoms with Crippen molar-refractivity contribution in [2.24, 2.45) is 0 Å². The Bertz CT molecular complexity index is 1270. The Labute approximate surface area is 189 Å². The van der Waals surface area contributed by atoms with Gasteiger partial charge < -0.3 is 10.1 Å². The molecule has 164 valence electrons. The lowest BCUT2D eigenvalue weighted by Crippen LogP contribution is -2.14. The number of hydrogen-bond acceptors (Lipinski definition) is 4. The molecule has 0 saturated carbocycles. The van der Waals surface area contributed by atoms with E-state index in [4.69, 9.17) is 27.9 Å². The summed E-state index contributed by atoms with van der Waals surface area (Å²) >= 11 is 12.1. The summed E-state index contributed by atoms with van der Waals surface area (Å²) < 4.78 is 47.8. The predicted octanol–water partition coefficient (Wildman–Crippen LogP) is 5.89. The van der Waals surface area contributed by atoms with E-state index in [1.807, 2.05) is 0 Å². The standard InChI is InChI=1S/C21H13Cl2F3N4O2/c22-13-5-1-6-14(23)17(13)20(31)28-15-7-3-9-30-16(11-32-12-4-2-8-27-10-12)18(21(24,25)26)29-19(15)30/h1-10H,11H2,(H,28,31). The highest BCUT2D eigenvalue weighted by atomic mass is 35.5. The van der Waals surface area contributed by atoms with Gasteiger partial charge >= 0.3 is 6.18 Å². The van der Waals surface area contributed by atoms with E-state index in [0.717, 1.165) is 0 Å². The molecule has 0 saturated heterocycles. The number of carbonyl (C=O) groups is 1. The van der Waals surface area contributed by atoms with Crippen molar-refractivity contribution in [1.29, 1.82) is 0 Å². The molecule has 0 aliphatic rings. The quantitative estimate of drug-likeness (QED) is 0.386. The molecule has 0 spiro atoms. The number of pyridine rings is 2. The van der Waals surface area contributed by atoms with Gasteiger partial charge in [-0.3, -0.25) is 14.2 Å². The molecule has 11 heteroatoms. The first-order chi connectivity index (χ1) is 15.3. The minimum Gasteiger partial charge on any atom is -0.486 e. The Balaban J connectivity index is 1.74. The molecule has 0 bridgehead atoms. The minimum absolute atomic E-state index is 0.000529. The molecule has 1 aromatic carbocycles. The van der Waals surface area contributed by atoms with E-state index in [-0.39, 0.29) is 32.6 Å². The van der Waals surface area contributed by atoms with Crippen LogP contribution in [0.2, 0.25) is 10.0 Å². The number of aromatic nitrogens is 3. The Kier molecular flexibility index (Phi) is 5.94. The Hall–Kier alpha value is -3.30. The number of fused-ring (bicyclic) bond motifs is 1. The molecule has 0 fully saturated rings. The third kappa shape index (κ3) is 4.35. The van der Waals surface area contributed by atoms with E-state index < -0.39 is 24.4 Å². The summed E-state index contributed by atoms with van der Waals surface area (Å²) in [5.41, 5.74) is -1.42. The fourth-order valence-corrected chi connectivity index (χ4v) is 3.63. The molecule has 1 amide bonds. The van der Waals surface area contributed by atoms with Crippen molar-refractivity contribution in [3.63, 3.8) is 0 Å². The van der Waals surface area contributed by atoms with Gasteiger partial charge in [0.2, 0.25) is 0 Å². The molecular weight excluding hydrogens is 468 g/mol. The second kappa shape index (κ2) is 8.68. The minimum atomic E-state index is -4.74. The lowest BCUT2D eigenvalue weighted by atomic mass is 10.2. The number of rotatable bonds is 5. The monoisotopic (exact) mass is 480 g/mol. The average Bonchev–Trinajstić information content (AvgIpc) is 3.13. The summed E-state index contributed by atoms with van der Waals surface area (Å²) in [7, 11) is 0. The molecule has 3 aromatic heterocycles. The number of hydrogen-bond donors (Lipinski definition) is 1. The van der Waals surface area contributed by atoms with Crippen LogP contribution in [0, 0.1) is 0 Å². The van der Waals surface area contributed by atoms with Gasteiger partial charge in [0, 0.05) is 12.4 Å². The molecule has 0 radical (unpaired) electrons. The number of ether oxygens (including phenoxy) is 1. The third-order valence-electron chi connectivity index (χ3n) is 4.47. The highest BCUT2D eigenvalue weighted by Gasteiger charge is 2.38. The van der Waals surface area contributed by atoms with Crippen LogP contribution in [0.5, 0.6) is 5.75 Å². The maximum atomic E-state index is 13.7. The number of anilines is 1. The molecule has 0 unspecified atom stereocenters. The normalized spacial score (nSPS) is 11.5. The van der Waals surface area contributed by atoms with Crippen LogP contribution in [0.3, 0.4) is 0 Å². The number of carbonyl (C=O) groups excluding carboxylic acids is 1. The number of imidazole rings is 1. The predicted molar refractivity (Wildman–Crippen MR) is 113 cm³/mol. The highest BCUT2D eigenvalue weighted by Crippen LogP contribution is 2.34. The van der Waals surface area contributed by atoms with Gasteiger partial charge in [-0.05, 0) is 36.4 Å². The van der Waals surface area contributed by atoms with Gasteiger partial charge in [-0.2, -0.15) is 13.2 Å². The molecule has 4 rings (SSSR count). The fourth-order valence-electron chi connectivity index (χ4n) is 3.06. The first-order valence-corrected chi connectivity index (χ1v) is 9.86. The number of alkyl halides is 3. The first-order valence-electron chi connectivity index (χ1n) is 9.11. The average molecular weight is 481 g/mol. The number of nitrogens with one attached hydrogen (secondary N) is 1. The van der Waals surface area contributed by atoms with Crippen molar-refractivity contribution in [2.75, 3.05) is 5.32 Å². The van der Waals surface area contributed by atoms with E-state index in [0.29, 0.717) is 5.75 Å². The largest absolute Gasteiger partial charge is 0.486 e. The summed E-state index contributed by atoms with van der Waals surface area (Å²) in [5, 5.41) is 2.75. The zero-order valence-electron chi connectivity index (χ0n) is 16.0.